The number of anilines is 2. The lowest BCUT2D eigenvalue weighted by atomic mass is 10.3. The molecule has 0 saturated carbocycles. The first-order chi connectivity index (χ1) is 9.58. The van der Waals surface area contributed by atoms with Crippen molar-refractivity contribution in [2.45, 2.75) is 13.8 Å². The minimum atomic E-state index is -0.781. The minimum absolute atomic E-state index is 0.366. The van der Waals surface area contributed by atoms with Crippen molar-refractivity contribution in [1.29, 1.82) is 0 Å². The number of pyridine rings is 2. The lowest BCUT2D eigenvalue weighted by Crippen LogP contribution is -2.30. The van der Waals surface area contributed by atoms with Crippen molar-refractivity contribution < 1.29 is 9.59 Å². The number of rotatable bonds is 2. The highest BCUT2D eigenvalue weighted by atomic mass is 16.2. The van der Waals surface area contributed by atoms with E-state index in [0.717, 1.165) is 11.1 Å². The SMILES string of the molecule is Cc1cccnc1NC(=O)C(=O)Nc1ncccc1C. The van der Waals surface area contributed by atoms with E-state index in [0.29, 0.717) is 11.6 Å². The first-order valence-electron chi connectivity index (χ1n) is 6.03. The van der Waals surface area contributed by atoms with Crippen LogP contribution in [0.2, 0.25) is 0 Å². The summed E-state index contributed by atoms with van der Waals surface area (Å²) < 4.78 is 0. The lowest BCUT2D eigenvalue weighted by Gasteiger charge is -2.08. The summed E-state index contributed by atoms with van der Waals surface area (Å²) in [5.41, 5.74) is 1.56. The van der Waals surface area contributed by atoms with Gasteiger partial charge >= 0.3 is 11.8 Å². The van der Waals surface area contributed by atoms with Crippen LogP contribution in [0, 0.1) is 13.8 Å². The fraction of sp³-hybridized carbons (Fsp3) is 0.143. The average Bonchev–Trinajstić information content (AvgIpc) is 2.43. The summed E-state index contributed by atoms with van der Waals surface area (Å²) in [5.74, 6) is -0.829. The van der Waals surface area contributed by atoms with Gasteiger partial charge in [0.05, 0.1) is 0 Å². The zero-order valence-electron chi connectivity index (χ0n) is 11.2. The third-order valence-corrected chi connectivity index (χ3v) is 2.69. The zero-order valence-corrected chi connectivity index (χ0v) is 11.2. The summed E-state index contributed by atoms with van der Waals surface area (Å²) in [7, 11) is 0. The van der Waals surface area contributed by atoms with E-state index in [1.165, 1.54) is 0 Å². The van der Waals surface area contributed by atoms with E-state index < -0.39 is 11.8 Å². The number of nitrogens with one attached hydrogen (secondary N) is 2. The maximum atomic E-state index is 11.8. The van der Waals surface area contributed by atoms with Gasteiger partial charge in [0, 0.05) is 12.4 Å². The number of nitrogens with zero attached hydrogens (tertiary/aromatic N) is 2. The largest absolute Gasteiger partial charge is 0.315 e. The fourth-order valence-corrected chi connectivity index (χ4v) is 1.56. The standard InChI is InChI=1S/C14H14N4O2/c1-9-5-3-7-15-11(9)17-13(19)14(20)18-12-10(2)6-4-8-16-12/h3-8H,1-2H3,(H,15,17,19)(H,16,18,20). The Labute approximate surface area is 116 Å². The summed E-state index contributed by atoms with van der Waals surface area (Å²) in [6.07, 6.45) is 3.09. The first kappa shape index (κ1) is 13.7. The Morgan fingerprint density at radius 2 is 1.25 bits per heavy atom. The molecule has 102 valence electrons. The molecule has 0 aliphatic heterocycles. The molecule has 0 aliphatic rings. The van der Waals surface area contributed by atoms with Gasteiger partial charge in [0.2, 0.25) is 0 Å². The smallest absolute Gasteiger partial charge is 0.302 e. The number of hydrogen-bond donors (Lipinski definition) is 2. The van der Waals surface area contributed by atoms with E-state index in [9.17, 15) is 9.59 Å². The van der Waals surface area contributed by atoms with Gasteiger partial charge in [-0.05, 0) is 37.1 Å². The van der Waals surface area contributed by atoms with E-state index >= 15 is 0 Å². The van der Waals surface area contributed by atoms with Gasteiger partial charge in [-0.15, -0.1) is 0 Å². The maximum absolute atomic E-state index is 11.8. The van der Waals surface area contributed by atoms with Gasteiger partial charge < -0.3 is 10.6 Å². The minimum Gasteiger partial charge on any atom is -0.302 e. The molecule has 0 fully saturated rings. The summed E-state index contributed by atoms with van der Waals surface area (Å²) in [6.45, 7) is 3.59. The number of carbonyl (C=O) groups excluding carboxylic acids is 2. The van der Waals surface area contributed by atoms with Crippen LogP contribution in [0.1, 0.15) is 11.1 Å². The molecule has 20 heavy (non-hydrogen) atoms. The molecule has 0 aromatic carbocycles. The van der Waals surface area contributed by atoms with E-state index in [2.05, 4.69) is 20.6 Å². The Morgan fingerprint density at radius 1 is 0.850 bits per heavy atom. The first-order valence-corrected chi connectivity index (χ1v) is 6.03. The Hall–Kier alpha value is -2.76. The van der Waals surface area contributed by atoms with E-state index in [1.54, 1.807) is 50.5 Å². The van der Waals surface area contributed by atoms with Crippen molar-refractivity contribution in [1.82, 2.24) is 9.97 Å². The maximum Gasteiger partial charge on any atom is 0.315 e. The highest BCUT2D eigenvalue weighted by Crippen LogP contribution is 2.11. The number of aryl methyl sites for hydroxylation is 2. The predicted octanol–water partition coefficient (Wildman–Crippen LogP) is 1.67. The molecule has 2 aromatic rings. The zero-order chi connectivity index (χ0) is 14.5. The monoisotopic (exact) mass is 270 g/mol. The molecule has 2 heterocycles. The average molecular weight is 270 g/mol. The molecular weight excluding hydrogens is 256 g/mol. The second-order valence-electron chi connectivity index (χ2n) is 4.25. The second-order valence-corrected chi connectivity index (χ2v) is 4.25. The van der Waals surface area contributed by atoms with Crippen molar-refractivity contribution in [3.8, 4) is 0 Å². The van der Waals surface area contributed by atoms with Crippen LogP contribution in [0.5, 0.6) is 0 Å². The third kappa shape index (κ3) is 3.17. The number of amides is 2. The van der Waals surface area contributed by atoms with Crippen LogP contribution >= 0.6 is 0 Å². The van der Waals surface area contributed by atoms with Crippen LogP contribution in [0.15, 0.2) is 36.7 Å². The van der Waals surface area contributed by atoms with Gasteiger partial charge in [-0.25, -0.2) is 9.97 Å². The van der Waals surface area contributed by atoms with Crippen LogP contribution in [0.25, 0.3) is 0 Å². The molecular formula is C14H14N4O2. The van der Waals surface area contributed by atoms with Crippen molar-refractivity contribution in [2.75, 3.05) is 10.6 Å². The van der Waals surface area contributed by atoms with Crippen LogP contribution in [-0.2, 0) is 9.59 Å². The van der Waals surface area contributed by atoms with E-state index in [1.807, 2.05) is 0 Å². The Balaban J connectivity index is 2.05. The lowest BCUT2D eigenvalue weighted by molar-refractivity contribution is -0.133. The van der Waals surface area contributed by atoms with Gasteiger partial charge in [-0.3, -0.25) is 9.59 Å². The van der Waals surface area contributed by atoms with Gasteiger partial charge in [0.15, 0.2) is 0 Å². The molecule has 0 spiro atoms. The highest BCUT2D eigenvalue weighted by molar-refractivity contribution is 6.43. The van der Waals surface area contributed by atoms with Gasteiger partial charge in [-0.2, -0.15) is 0 Å². The van der Waals surface area contributed by atoms with Crippen LogP contribution in [-0.4, -0.2) is 21.8 Å². The van der Waals surface area contributed by atoms with Crippen LogP contribution in [0.3, 0.4) is 0 Å². The fourth-order valence-electron chi connectivity index (χ4n) is 1.56. The Kier molecular flexibility index (Phi) is 4.05. The molecule has 0 bridgehead atoms. The number of aromatic nitrogens is 2. The highest BCUT2D eigenvalue weighted by Gasteiger charge is 2.16. The predicted molar refractivity (Wildman–Crippen MR) is 75.2 cm³/mol. The summed E-state index contributed by atoms with van der Waals surface area (Å²) in [6, 6.07) is 7.09. The molecule has 0 atom stereocenters. The summed E-state index contributed by atoms with van der Waals surface area (Å²) in [5, 5.41) is 4.92. The van der Waals surface area contributed by atoms with Gasteiger partial charge in [0.1, 0.15) is 11.6 Å². The molecule has 2 amide bonds. The normalized spacial score (nSPS) is 9.90. The molecule has 0 unspecified atom stereocenters. The van der Waals surface area contributed by atoms with Crippen LogP contribution in [0.4, 0.5) is 11.6 Å². The molecule has 2 aromatic heterocycles. The van der Waals surface area contributed by atoms with Crippen LogP contribution < -0.4 is 10.6 Å². The third-order valence-electron chi connectivity index (χ3n) is 2.69. The Bertz CT molecular complexity index is 598. The second kappa shape index (κ2) is 5.92. The molecule has 6 heteroatoms. The van der Waals surface area contributed by atoms with Gasteiger partial charge in [0.25, 0.3) is 0 Å². The van der Waals surface area contributed by atoms with Crippen molar-refractivity contribution in [3.05, 3.63) is 47.8 Å². The molecule has 0 radical (unpaired) electrons. The molecule has 0 aliphatic carbocycles. The Morgan fingerprint density at radius 3 is 1.60 bits per heavy atom. The molecule has 2 rings (SSSR count). The summed E-state index contributed by atoms with van der Waals surface area (Å²) in [4.78, 5) is 31.6. The molecule has 2 N–H and O–H groups in total. The number of hydrogen-bond acceptors (Lipinski definition) is 4. The van der Waals surface area contributed by atoms with E-state index in [-0.39, 0.29) is 0 Å². The molecule has 6 nitrogen and oxygen atoms in total. The quantitative estimate of drug-likeness (QED) is 0.813. The summed E-state index contributed by atoms with van der Waals surface area (Å²) >= 11 is 0. The van der Waals surface area contributed by atoms with Crippen molar-refractivity contribution in [3.63, 3.8) is 0 Å². The molecule has 0 saturated heterocycles. The number of carbonyl (C=O) groups is 2. The van der Waals surface area contributed by atoms with E-state index in [4.69, 9.17) is 0 Å². The van der Waals surface area contributed by atoms with Gasteiger partial charge in [-0.1, -0.05) is 12.1 Å². The van der Waals surface area contributed by atoms with Crippen molar-refractivity contribution in [2.24, 2.45) is 0 Å². The topological polar surface area (TPSA) is 84.0 Å². The van der Waals surface area contributed by atoms with Crippen molar-refractivity contribution >= 4 is 23.5 Å².